The average molecular weight is 378 g/mol. The van der Waals surface area contributed by atoms with Crippen LogP contribution in [0.1, 0.15) is 37.1 Å². The van der Waals surface area contributed by atoms with E-state index in [-0.39, 0.29) is 23.3 Å². The molecule has 0 aliphatic carbocycles. The van der Waals surface area contributed by atoms with Gasteiger partial charge in [0.2, 0.25) is 5.91 Å². The summed E-state index contributed by atoms with van der Waals surface area (Å²) in [5.41, 5.74) is 0.984. The zero-order chi connectivity index (χ0) is 18.6. The lowest BCUT2D eigenvalue weighted by molar-refractivity contribution is -0.120. The lowest BCUT2D eigenvalue weighted by Crippen LogP contribution is -2.32. The summed E-state index contributed by atoms with van der Waals surface area (Å²) < 4.78 is 1.71. The molecule has 25 heavy (non-hydrogen) atoms. The van der Waals surface area contributed by atoms with Crippen LogP contribution in [0.4, 0.5) is 0 Å². The Labute approximate surface area is 156 Å². The summed E-state index contributed by atoms with van der Waals surface area (Å²) in [7, 11) is 0. The number of nitrogens with zero attached hydrogens (tertiary/aromatic N) is 2. The van der Waals surface area contributed by atoms with E-state index in [9.17, 15) is 9.59 Å². The Balaban J connectivity index is 2.45. The van der Waals surface area contributed by atoms with E-state index >= 15 is 0 Å². The Bertz CT molecular complexity index is 877. The maximum atomic E-state index is 13.0. The number of carbonyl (C=O) groups excluding carboxylic acids is 1. The van der Waals surface area contributed by atoms with Gasteiger partial charge < -0.3 is 5.32 Å². The van der Waals surface area contributed by atoms with E-state index in [0.717, 1.165) is 28.1 Å². The third-order valence-electron chi connectivity index (χ3n) is 4.01. The minimum Gasteiger partial charge on any atom is -0.344 e. The normalized spacial score (nSPS) is 12.1. The van der Waals surface area contributed by atoms with Crippen molar-refractivity contribution in [2.24, 2.45) is 0 Å². The lowest BCUT2D eigenvalue weighted by atomic mass is 10.2. The highest BCUT2D eigenvalue weighted by Crippen LogP contribution is 2.29. The Kier molecular flexibility index (Phi) is 6.68. The van der Waals surface area contributed by atoms with Crippen molar-refractivity contribution >= 4 is 39.2 Å². The molecule has 2 aromatic rings. The van der Waals surface area contributed by atoms with Crippen LogP contribution in [-0.4, -0.2) is 27.3 Å². The highest BCUT2D eigenvalue weighted by Gasteiger charge is 2.21. The lowest BCUT2D eigenvalue weighted by Gasteiger charge is -2.15. The molecule has 0 spiro atoms. The van der Waals surface area contributed by atoms with E-state index in [0.29, 0.717) is 17.1 Å². The molecule has 1 atom stereocenters. The van der Waals surface area contributed by atoms with E-state index in [1.165, 1.54) is 23.1 Å². The van der Waals surface area contributed by atoms with Gasteiger partial charge in [0.1, 0.15) is 4.83 Å². The van der Waals surface area contributed by atoms with Crippen LogP contribution >= 0.6 is 23.1 Å². The fraction of sp³-hybridized carbons (Fsp3) is 0.500. The Morgan fingerprint density at radius 3 is 2.84 bits per heavy atom. The van der Waals surface area contributed by atoms with Crippen molar-refractivity contribution in [3.8, 4) is 12.3 Å². The summed E-state index contributed by atoms with van der Waals surface area (Å²) in [6.07, 6.45) is 7.05. The van der Waals surface area contributed by atoms with Gasteiger partial charge in [0.15, 0.2) is 5.16 Å². The third-order valence-corrected chi connectivity index (χ3v) is 6.20. The van der Waals surface area contributed by atoms with Crippen LogP contribution in [0, 0.1) is 26.2 Å². The number of aryl methyl sites for hydroxylation is 2. The molecule has 134 valence electrons. The number of aromatic nitrogens is 2. The molecule has 1 N–H and O–H groups in total. The first kappa shape index (κ1) is 19.5. The standard InChI is InChI=1S/C18H23N3O2S2/c1-6-8-10-21-17(23)14-11(3)12(4)24-16(14)20-18(21)25-13(5)15(22)19-9-7-2/h2,13H,6,8-10H2,1,3-5H3,(H,19,22). The fourth-order valence-electron chi connectivity index (χ4n) is 2.41. The van der Waals surface area contributed by atoms with E-state index in [1.54, 1.807) is 11.5 Å². The Morgan fingerprint density at radius 2 is 2.20 bits per heavy atom. The summed E-state index contributed by atoms with van der Waals surface area (Å²) in [5, 5.41) is 3.58. The number of thioether (sulfide) groups is 1. The molecule has 0 fully saturated rings. The Hall–Kier alpha value is -1.78. The van der Waals surface area contributed by atoms with E-state index in [4.69, 9.17) is 11.4 Å². The second kappa shape index (κ2) is 8.54. The van der Waals surface area contributed by atoms with Gasteiger partial charge in [-0.25, -0.2) is 4.98 Å². The SMILES string of the molecule is C#CCNC(=O)C(C)Sc1nc2sc(C)c(C)c2c(=O)n1CCCC. The number of hydrogen-bond acceptors (Lipinski definition) is 5. The number of hydrogen-bond donors (Lipinski definition) is 1. The number of thiophene rings is 1. The van der Waals surface area contributed by atoms with Crippen LogP contribution in [0.15, 0.2) is 9.95 Å². The topological polar surface area (TPSA) is 64.0 Å². The van der Waals surface area contributed by atoms with Gasteiger partial charge in [-0.15, -0.1) is 17.8 Å². The molecule has 7 heteroatoms. The van der Waals surface area contributed by atoms with Crippen molar-refractivity contribution in [3.05, 3.63) is 20.8 Å². The van der Waals surface area contributed by atoms with E-state index < -0.39 is 0 Å². The molecule has 0 saturated heterocycles. The van der Waals surface area contributed by atoms with Crippen molar-refractivity contribution < 1.29 is 4.79 Å². The second-order valence-electron chi connectivity index (χ2n) is 5.85. The third kappa shape index (κ3) is 4.25. The van der Waals surface area contributed by atoms with Crippen LogP contribution in [0.25, 0.3) is 10.2 Å². The number of rotatable bonds is 7. The quantitative estimate of drug-likeness (QED) is 0.457. The van der Waals surface area contributed by atoms with Gasteiger partial charge >= 0.3 is 0 Å². The van der Waals surface area contributed by atoms with Gasteiger partial charge in [-0.2, -0.15) is 0 Å². The summed E-state index contributed by atoms with van der Waals surface area (Å²) >= 11 is 2.83. The zero-order valence-corrected chi connectivity index (χ0v) is 16.6. The minimum absolute atomic E-state index is 0.0148. The summed E-state index contributed by atoms with van der Waals surface area (Å²) in [5.74, 6) is 2.23. The molecule has 0 aliphatic heterocycles. The van der Waals surface area contributed by atoms with Crippen LogP contribution in [0.5, 0.6) is 0 Å². The molecular weight excluding hydrogens is 354 g/mol. The summed E-state index contributed by atoms with van der Waals surface area (Å²) in [6.45, 7) is 8.64. The van der Waals surface area contributed by atoms with Crippen LogP contribution in [0.3, 0.4) is 0 Å². The largest absolute Gasteiger partial charge is 0.344 e. The molecule has 0 aromatic carbocycles. The molecule has 2 heterocycles. The molecule has 0 aliphatic rings. The maximum Gasteiger partial charge on any atom is 0.263 e. The summed E-state index contributed by atoms with van der Waals surface area (Å²) in [4.78, 5) is 31.6. The summed E-state index contributed by atoms with van der Waals surface area (Å²) in [6, 6.07) is 0. The first-order valence-electron chi connectivity index (χ1n) is 8.29. The van der Waals surface area contributed by atoms with Crippen LogP contribution in [0.2, 0.25) is 0 Å². The van der Waals surface area contributed by atoms with Crippen LogP contribution in [-0.2, 0) is 11.3 Å². The van der Waals surface area contributed by atoms with Gasteiger partial charge in [0.25, 0.3) is 5.56 Å². The Morgan fingerprint density at radius 1 is 1.48 bits per heavy atom. The van der Waals surface area contributed by atoms with Crippen LogP contribution < -0.4 is 10.9 Å². The number of carbonyl (C=O) groups is 1. The average Bonchev–Trinajstić information content (AvgIpc) is 2.86. The van der Waals surface area contributed by atoms with E-state index in [1.807, 2.05) is 13.8 Å². The zero-order valence-electron chi connectivity index (χ0n) is 15.0. The monoisotopic (exact) mass is 377 g/mol. The van der Waals surface area contributed by atoms with Gasteiger partial charge in [-0.3, -0.25) is 14.2 Å². The second-order valence-corrected chi connectivity index (χ2v) is 8.36. The van der Waals surface area contributed by atoms with Gasteiger partial charge in [-0.05, 0) is 32.8 Å². The van der Waals surface area contributed by atoms with Gasteiger partial charge in [0.05, 0.1) is 17.2 Å². The smallest absolute Gasteiger partial charge is 0.263 e. The van der Waals surface area contributed by atoms with Crippen molar-refractivity contribution in [2.75, 3.05) is 6.54 Å². The van der Waals surface area contributed by atoms with Gasteiger partial charge in [-0.1, -0.05) is 31.0 Å². The highest BCUT2D eigenvalue weighted by molar-refractivity contribution is 8.00. The number of terminal acetylenes is 1. The van der Waals surface area contributed by atoms with Crippen molar-refractivity contribution in [2.45, 2.75) is 57.5 Å². The highest BCUT2D eigenvalue weighted by atomic mass is 32.2. The maximum absolute atomic E-state index is 13.0. The first-order chi connectivity index (χ1) is 11.9. The molecule has 2 rings (SSSR count). The van der Waals surface area contributed by atoms with Crippen molar-refractivity contribution in [1.29, 1.82) is 0 Å². The number of unbranched alkanes of at least 4 members (excludes halogenated alkanes) is 1. The first-order valence-corrected chi connectivity index (χ1v) is 9.98. The molecule has 5 nitrogen and oxygen atoms in total. The molecule has 1 unspecified atom stereocenters. The van der Waals surface area contributed by atoms with Gasteiger partial charge in [0, 0.05) is 11.4 Å². The predicted molar refractivity (Wildman–Crippen MR) is 105 cm³/mol. The molecule has 0 saturated carbocycles. The fourth-order valence-corrected chi connectivity index (χ4v) is 4.44. The number of fused-ring (bicyclic) bond motifs is 1. The van der Waals surface area contributed by atoms with Crippen molar-refractivity contribution in [1.82, 2.24) is 14.9 Å². The molecule has 1 amide bonds. The minimum atomic E-state index is -0.382. The van der Waals surface area contributed by atoms with E-state index in [2.05, 4.69) is 18.2 Å². The molecule has 2 aromatic heterocycles. The number of nitrogens with one attached hydrogen (secondary N) is 1. The molecule has 0 radical (unpaired) electrons. The molecular formula is C18H23N3O2S2. The predicted octanol–water partition coefficient (Wildman–Crippen LogP) is 3.10. The molecule has 0 bridgehead atoms. The number of amides is 1. The van der Waals surface area contributed by atoms with Crippen molar-refractivity contribution in [3.63, 3.8) is 0 Å².